The van der Waals surface area contributed by atoms with Crippen molar-refractivity contribution in [2.45, 2.75) is 19.9 Å². The van der Waals surface area contributed by atoms with Crippen LogP contribution in [0.5, 0.6) is 0 Å². The number of carbonyl (C=O) groups is 3. The molecule has 166 valence electrons. The number of anilines is 1. The minimum atomic E-state index is -1.73. The number of benzene rings is 2. The highest BCUT2D eigenvalue weighted by molar-refractivity contribution is 6.36. The Bertz CT molecular complexity index is 1020. The fraction of sp³-hybridized carbons (Fsp3) is 0.250. The number of rotatable bonds is 7. The summed E-state index contributed by atoms with van der Waals surface area (Å²) in [5.41, 5.74) is -0.472. The van der Waals surface area contributed by atoms with Crippen LogP contribution in [0.2, 0.25) is 10.0 Å². The summed E-state index contributed by atoms with van der Waals surface area (Å²) in [5, 5.41) is 7.29. The standard InChI is InChI=1S/C20H18Cl2F3N3O3/c1-9(2)18(28-19(30)11-4-3-10(21)7-12(11)22)20(31)26-8-15(29)27-14-6-5-13(23)16(24)17(14)25/h3-7,9,18H,8H2,1-2H3,(H,26,31)(H,27,29)(H,28,30). The average Bonchev–Trinajstić information content (AvgIpc) is 2.70. The molecule has 0 bridgehead atoms. The molecule has 31 heavy (non-hydrogen) atoms. The molecule has 1 unspecified atom stereocenters. The maximum Gasteiger partial charge on any atom is 0.253 e. The summed E-state index contributed by atoms with van der Waals surface area (Å²) in [7, 11) is 0. The summed E-state index contributed by atoms with van der Waals surface area (Å²) in [6, 6.07) is 4.73. The number of hydrogen-bond donors (Lipinski definition) is 3. The second-order valence-electron chi connectivity index (χ2n) is 6.81. The molecule has 0 saturated carbocycles. The summed E-state index contributed by atoms with van der Waals surface area (Å²) < 4.78 is 39.8. The van der Waals surface area contributed by atoms with Crippen molar-refractivity contribution in [2.24, 2.45) is 5.92 Å². The lowest BCUT2D eigenvalue weighted by atomic mass is 10.0. The van der Waals surface area contributed by atoms with Gasteiger partial charge in [-0.2, -0.15) is 0 Å². The van der Waals surface area contributed by atoms with Crippen molar-refractivity contribution in [2.75, 3.05) is 11.9 Å². The third-order valence-electron chi connectivity index (χ3n) is 4.14. The topological polar surface area (TPSA) is 87.3 Å². The molecule has 0 spiro atoms. The first-order chi connectivity index (χ1) is 14.5. The smallest absolute Gasteiger partial charge is 0.253 e. The van der Waals surface area contributed by atoms with Crippen LogP contribution in [-0.2, 0) is 9.59 Å². The molecule has 0 fully saturated rings. The van der Waals surface area contributed by atoms with Crippen molar-refractivity contribution in [1.82, 2.24) is 10.6 Å². The van der Waals surface area contributed by atoms with Crippen LogP contribution in [0.15, 0.2) is 30.3 Å². The molecule has 11 heteroatoms. The van der Waals surface area contributed by atoms with Crippen LogP contribution in [0.3, 0.4) is 0 Å². The Labute approximate surface area is 186 Å². The van der Waals surface area contributed by atoms with Gasteiger partial charge in [-0.1, -0.05) is 37.0 Å². The Kier molecular flexibility index (Phi) is 8.29. The second-order valence-corrected chi connectivity index (χ2v) is 7.65. The van der Waals surface area contributed by atoms with E-state index in [0.717, 1.165) is 6.07 Å². The molecule has 2 aromatic carbocycles. The van der Waals surface area contributed by atoms with Gasteiger partial charge in [-0.25, -0.2) is 13.2 Å². The fourth-order valence-electron chi connectivity index (χ4n) is 2.52. The quantitative estimate of drug-likeness (QED) is 0.530. The van der Waals surface area contributed by atoms with Crippen molar-refractivity contribution in [3.8, 4) is 0 Å². The van der Waals surface area contributed by atoms with Crippen LogP contribution in [0.25, 0.3) is 0 Å². The van der Waals surface area contributed by atoms with Crippen molar-refractivity contribution < 1.29 is 27.6 Å². The van der Waals surface area contributed by atoms with E-state index in [9.17, 15) is 27.6 Å². The lowest BCUT2D eigenvalue weighted by Gasteiger charge is -2.22. The van der Waals surface area contributed by atoms with E-state index in [2.05, 4.69) is 10.6 Å². The van der Waals surface area contributed by atoms with Crippen LogP contribution < -0.4 is 16.0 Å². The first-order valence-electron chi connectivity index (χ1n) is 8.98. The van der Waals surface area contributed by atoms with Gasteiger partial charge in [0, 0.05) is 5.02 Å². The van der Waals surface area contributed by atoms with E-state index in [0.29, 0.717) is 11.1 Å². The Morgan fingerprint density at radius 2 is 1.68 bits per heavy atom. The normalized spacial score (nSPS) is 11.7. The predicted molar refractivity (Wildman–Crippen MR) is 111 cm³/mol. The molecule has 0 aliphatic rings. The van der Waals surface area contributed by atoms with E-state index in [1.54, 1.807) is 13.8 Å². The van der Waals surface area contributed by atoms with Crippen molar-refractivity contribution in [3.63, 3.8) is 0 Å². The third-order valence-corrected chi connectivity index (χ3v) is 4.69. The summed E-state index contributed by atoms with van der Waals surface area (Å²) in [5.74, 6) is -7.25. The highest BCUT2D eigenvalue weighted by atomic mass is 35.5. The van der Waals surface area contributed by atoms with Gasteiger partial charge in [0.1, 0.15) is 6.04 Å². The highest BCUT2D eigenvalue weighted by Crippen LogP contribution is 2.21. The van der Waals surface area contributed by atoms with Gasteiger partial charge < -0.3 is 16.0 Å². The van der Waals surface area contributed by atoms with Crippen molar-refractivity contribution in [3.05, 3.63) is 63.4 Å². The second kappa shape index (κ2) is 10.5. The summed E-state index contributed by atoms with van der Waals surface area (Å²) in [6.45, 7) is 2.74. The van der Waals surface area contributed by atoms with Crippen molar-refractivity contribution in [1.29, 1.82) is 0 Å². The maximum absolute atomic E-state index is 13.6. The van der Waals surface area contributed by atoms with E-state index in [1.807, 2.05) is 5.32 Å². The van der Waals surface area contributed by atoms with Gasteiger partial charge in [0.2, 0.25) is 11.8 Å². The molecule has 3 amide bonds. The molecule has 0 heterocycles. The number of amides is 3. The zero-order valence-corrected chi connectivity index (χ0v) is 17.9. The van der Waals surface area contributed by atoms with Gasteiger partial charge in [-0.3, -0.25) is 14.4 Å². The van der Waals surface area contributed by atoms with E-state index in [1.165, 1.54) is 18.2 Å². The number of halogens is 5. The van der Waals surface area contributed by atoms with Gasteiger partial charge in [0.25, 0.3) is 5.91 Å². The first kappa shape index (κ1) is 24.5. The van der Waals surface area contributed by atoms with E-state index < -0.39 is 53.4 Å². The average molecular weight is 476 g/mol. The van der Waals surface area contributed by atoms with Crippen molar-refractivity contribution >= 4 is 46.6 Å². The largest absolute Gasteiger partial charge is 0.345 e. The van der Waals surface area contributed by atoms with E-state index in [-0.39, 0.29) is 16.5 Å². The highest BCUT2D eigenvalue weighted by Gasteiger charge is 2.26. The van der Waals surface area contributed by atoms with Crippen LogP contribution in [-0.4, -0.2) is 30.3 Å². The van der Waals surface area contributed by atoms with Crippen LogP contribution in [0.4, 0.5) is 18.9 Å². The van der Waals surface area contributed by atoms with E-state index in [4.69, 9.17) is 23.2 Å². The Hall–Kier alpha value is -2.78. The minimum Gasteiger partial charge on any atom is -0.345 e. The molecule has 0 aromatic heterocycles. The van der Waals surface area contributed by atoms with Gasteiger partial charge in [0.15, 0.2) is 17.5 Å². The molecule has 0 aliphatic carbocycles. The monoisotopic (exact) mass is 475 g/mol. The fourth-order valence-corrected chi connectivity index (χ4v) is 3.02. The van der Waals surface area contributed by atoms with Crippen LogP contribution >= 0.6 is 23.2 Å². The summed E-state index contributed by atoms with van der Waals surface area (Å²) in [4.78, 5) is 36.9. The molecule has 6 nitrogen and oxygen atoms in total. The van der Waals surface area contributed by atoms with Crippen LogP contribution in [0.1, 0.15) is 24.2 Å². The molecule has 0 radical (unpaired) electrons. The number of carbonyl (C=O) groups excluding carboxylic acids is 3. The summed E-state index contributed by atoms with van der Waals surface area (Å²) in [6.07, 6.45) is 0. The maximum atomic E-state index is 13.6. The molecule has 0 saturated heterocycles. The van der Waals surface area contributed by atoms with Gasteiger partial charge in [-0.15, -0.1) is 0 Å². The lowest BCUT2D eigenvalue weighted by Crippen LogP contribution is -2.51. The van der Waals surface area contributed by atoms with Gasteiger partial charge in [0.05, 0.1) is 22.8 Å². The van der Waals surface area contributed by atoms with Crippen LogP contribution in [0, 0.1) is 23.4 Å². The molecular weight excluding hydrogens is 458 g/mol. The SMILES string of the molecule is CC(C)C(NC(=O)c1ccc(Cl)cc1Cl)C(=O)NCC(=O)Nc1ccc(F)c(F)c1F. The lowest BCUT2D eigenvalue weighted by molar-refractivity contribution is -0.126. The first-order valence-corrected chi connectivity index (χ1v) is 9.73. The molecule has 1 atom stereocenters. The predicted octanol–water partition coefficient (Wildman–Crippen LogP) is 3.92. The van der Waals surface area contributed by atoms with E-state index >= 15 is 0 Å². The Morgan fingerprint density at radius 3 is 2.29 bits per heavy atom. The molecule has 0 aliphatic heterocycles. The molecule has 2 aromatic rings. The van der Waals surface area contributed by atoms with Gasteiger partial charge >= 0.3 is 0 Å². The number of hydrogen-bond acceptors (Lipinski definition) is 3. The molecule has 3 N–H and O–H groups in total. The molecular formula is C20H18Cl2F3N3O3. The number of nitrogens with one attached hydrogen (secondary N) is 3. The molecule has 2 rings (SSSR count). The Balaban J connectivity index is 2.00. The Morgan fingerprint density at radius 1 is 1.00 bits per heavy atom. The minimum absolute atomic E-state index is 0.0980. The zero-order chi connectivity index (χ0) is 23.3. The zero-order valence-electron chi connectivity index (χ0n) is 16.4. The van der Waals surface area contributed by atoms with Gasteiger partial charge in [-0.05, 0) is 36.2 Å². The summed E-state index contributed by atoms with van der Waals surface area (Å²) >= 11 is 11.8. The third kappa shape index (κ3) is 6.35.